The van der Waals surface area contributed by atoms with Crippen LogP contribution >= 0.6 is 11.3 Å². The van der Waals surface area contributed by atoms with E-state index in [1.54, 1.807) is 11.3 Å². The number of para-hydroxylation sites is 1. The number of benzene rings is 4. The van der Waals surface area contributed by atoms with E-state index in [2.05, 4.69) is 112 Å². The summed E-state index contributed by atoms with van der Waals surface area (Å²) in [6.45, 7) is 0.235. The maximum absolute atomic E-state index is 5.86. The number of hydrogen-bond acceptors (Lipinski definition) is 3. The van der Waals surface area contributed by atoms with Crippen molar-refractivity contribution in [2.75, 3.05) is 6.67 Å². The van der Waals surface area contributed by atoms with Gasteiger partial charge in [-0.15, -0.1) is 11.3 Å². The number of nitrogens with two attached hydrogens (primary N) is 1. The number of thiophene rings is 1. The lowest BCUT2D eigenvalue weighted by Crippen LogP contribution is -2.05. The van der Waals surface area contributed by atoms with Crippen LogP contribution in [0.3, 0.4) is 0 Å². The summed E-state index contributed by atoms with van der Waals surface area (Å²) in [7, 11) is 0. The average Bonchev–Trinajstić information content (AvgIpc) is 3.53. The lowest BCUT2D eigenvalue weighted by Gasteiger charge is -2.13. The van der Waals surface area contributed by atoms with Crippen LogP contribution in [-0.4, -0.2) is 16.9 Å². The minimum Gasteiger partial charge on any atom is -0.312 e. The number of nitrogens with zero attached hydrogens (tertiary/aromatic N) is 2. The van der Waals surface area contributed by atoms with Crippen LogP contribution in [0, 0.1) is 0 Å². The molecule has 0 saturated carbocycles. The molecule has 0 amide bonds. The molecule has 0 radical (unpaired) electrons. The summed E-state index contributed by atoms with van der Waals surface area (Å²) in [6.07, 6.45) is 2.15. The lowest BCUT2D eigenvalue weighted by molar-refractivity contribution is 1.07. The van der Waals surface area contributed by atoms with Gasteiger partial charge in [-0.3, -0.25) is 4.99 Å². The van der Waals surface area contributed by atoms with Crippen molar-refractivity contribution < 1.29 is 0 Å². The summed E-state index contributed by atoms with van der Waals surface area (Å²) in [5, 5.41) is 4.75. The normalized spacial score (nSPS) is 12.5. The van der Waals surface area contributed by atoms with Gasteiger partial charge < -0.3 is 10.3 Å². The third-order valence-corrected chi connectivity index (χ3v) is 7.31. The van der Waals surface area contributed by atoms with E-state index >= 15 is 0 Å². The third-order valence-electron chi connectivity index (χ3n) is 6.42. The summed E-state index contributed by atoms with van der Waals surface area (Å²) in [5.74, 6) is 0. The van der Waals surface area contributed by atoms with Gasteiger partial charge in [0.1, 0.15) is 4.83 Å². The van der Waals surface area contributed by atoms with Crippen LogP contribution in [-0.2, 0) is 0 Å². The highest BCUT2D eigenvalue weighted by atomic mass is 32.1. The molecule has 0 saturated heterocycles. The van der Waals surface area contributed by atoms with Crippen LogP contribution in [0.15, 0.2) is 132 Å². The van der Waals surface area contributed by atoms with Crippen LogP contribution in [0.1, 0.15) is 16.7 Å². The molecule has 2 heterocycles. The minimum atomic E-state index is 0.235. The van der Waals surface area contributed by atoms with E-state index in [0.717, 1.165) is 33.7 Å². The first-order valence-electron chi connectivity index (χ1n) is 12.0. The van der Waals surface area contributed by atoms with Gasteiger partial charge in [-0.25, -0.2) is 0 Å². The van der Waals surface area contributed by atoms with Gasteiger partial charge in [-0.2, -0.15) is 0 Å². The van der Waals surface area contributed by atoms with Crippen molar-refractivity contribution in [2.45, 2.75) is 0 Å². The molecule has 0 fully saturated rings. The minimum absolute atomic E-state index is 0.235. The Morgan fingerprint density at radius 1 is 0.694 bits per heavy atom. The van der Waals surface area contributed by atoms with Crippen LogP contribution in [0.5, 0.6) is 0 Å². The fraction of sp³-hybridized carbons (Fsp3) is 0.0312. The number of fused-ring (bicyclic) bond motifs is 3. The summed E-state index contributed by atoms with van der Waals surface area (Å²) in [5.41, 5.74) is 13.5. The summed E-state index contributed by atoms with van der Waals surface area (Å²) < 4.78 is 2.36. The van der Waals surface area contributed by atoms with E-state index in [0.29, 0.717) is 0 Å². The van der Waals surface area contributed by atoms with E-state index < -0.39 is 0 Å². The van der Waals surface area contributed by atoms with Crippen molar-refractivity contribution >= 4 is 43.7 Å². The van der Waals surface area contributed by atoms with Crippen LogP contribution in [0.25, 0.3) is 32.4 Å². The SMILES string of the molecule is NC/N=C(\C=C(\c1ccccc1)c1ccc(-n2c3ccccc3c3ccsc32)cc1)c1ccccc1. The largest absolute Gasteiger partial charge is 0.312 e. The zero-order chi connectivity index (χ0) is 24.3. The Bertz CT molecular complexity index is 1690. The highest BCUT2D eigenvalue weighted by Gasteiger charge is 2.14. The van der Waals surface area contributed by atoms with E-state index in [9.17, 15) is 0 Å². The van der Waals surface area contributed by atoms with Gasteiger partial charge in [-0.05, 0) is 58.0 Å². The molecule has 2 aromatic heterocycles. The Morgan fingerprint density at radius 2 is 1.33 bits per heavy atom. The lowest BCUT2D eigenvalue weighted by atomic mass is 9.95. The van der Waals surface area contributed by atoms with Crippen molar-refractivity contribution in [3.8, 4) is 5.69 Å². The van der Waals surface area contributed by atoms with Gasteiger partial charge in [0.25, 0.3) is 0 Å². The van der Waals surface area contributed by atoms with Crippen molar-refractivity contribution in [3.05, 3.63) is 143 Å². The molecule has 174 valence electrons. The quantitative estimate of drug-likeness (QED) is 0.243. The molecule has 6 aromatic rings. The second-order valence-corrected chi connectivity index (χ2v) is 9.45. The Balaban J connectivity index is 1.48. The third kappa shape index (κ3) is 4.07. The van der Waals surface area contributed by atoms with E-state index in [-0.39, 0.29) is 6.67 Å². The number of aromatic nitrogens is 1. The van der Waals surface area contributed by atoms with Crippen LogP contribution in [0.2, 0.25) is 0 Å². The molecule has 4 heteroatoms. The van der Waals surface area contributed by atoms with Crippen molar-refractivity contribution in [3.63, 3.8) is 0 Å². The van der Waals surface area contributed by atoms with Gasteiger partial charge in [0, 0.05) is 16.5 Å². The number of rotatable bonds is 6. The summed E-state index contributed by atoms with van der Waals surface area (Å²) in [6, 6.07) is 40.3. The van der Waals surface area contributed by atoms with Gasteiger partial charge >= 0.3 is 0 Å². The molecule has 6 rings (SSSR count). The maximum Gasteiger partial charge on any atom is 0.108 e. The van der Waals surface area contributed by atoms with Crippen molar-refractivity contribution in [1.82, 2.24) is 4.57 Å². The second-order valence-electron chi connectivity index (χ2n) is 8.55. The molecule has 0 atom stereocenters. The molecule has 0 aliphatic carbocycles. The zero-order valence-electron chi connectivity index (χ0n) is 19.7. The smallest absolute Gasteiger partial charge is 0.108 e. The van der Waals surface area contributed by atoms with Crippen molar-refractivity contribution in [2.24, 2.45) is 10.7 Å². The molecular weight excluding hydrogens is 458 g/mol. The van der Waals surface area contributed by atoms with E-state index in [1.807, 2.05) is 24.3 Å². The van der Waals surface area contributed by atoms with Gasteiger partial charge in [0.05, 0.1) is 17.9 Å². The molecule has 4 aromatic carbocycles. The van der Waals surface area contributed by atoms with Gasteiger partial charge in [-0.1, -0.05) is 91.0 Å². The highest BCUT2D eigenvalue weighted by Crippen LogP contribution is 2.35. The maximum atomic E-state index is 5.86. The molecule has 2 N–H and O–H groups in total. The standard InChI is InChI=1S/C32H25N3S/c33-22-34-30(25-11-5-2-6-12-25)21-29(23-9-3-1-4-10-23)24-15-17-26(18-16-24)35-31-14-8-7-13-27(31)28-19-20-36-32(28)35/h1-21H,22,33H2/b29-21-,34-30+. The van der Waals surface area contributed by atoms with Crippen molar-refractivity contribution in [1.29, 1.82) is 0 Å². The highest BCUT2D eigenvalue weighted by molar-refractivity contribution is 7.17. The fourth-order valence-electron chi connectivity index (χ4n) is 4.75. The Labute approximate surface area is 214 Å². The molecule has 36 heavy (non-hydrogen) atoms. The zero-order valence-corrected chi connectivity index (χ0v) is 20.5. The Hall–Kier alpha value is -4.25. The first kappa shape index (κ1) is 22.2. The fourth-order valence-corrected chi connectivity index (χ4v) is 5.69. The molecule has 0 bridgehead atoms. The molecule has 0 spiro atoms. The van der Waals surface area contributed by atoms with E-state index in [1.165, 1.54) is 21.1 Å². The Morgan fingerprint density at radius 3 is 2.06 bits per heavy atom. The second kappa shape index (κ2) is 9.78. The molecule has 0 unspecified atom stereocenters. The monoisotopic (exact) mass is 483 g/mol. The summed E-state index contributed by atoms with van der Waals surface area (Å²) in [4.78, 5) is 5.89. The predicted molar refractivity (Wildman–Crippen MR) is 154 cm³/mol. The molecule has 3 nitrogen and oxygen atoms in total. The number of hydrogen-bond donors (Lipinski definition) is 1. The summed E-state index contributed by atoms with van der Waals surface area (Å²) >= 11 is 1.78. The van der Waals surface area contributed by atoms with Gasteiger partial charge in [0.15, 0.2) is 0 Å². The van der Waals surface area contributed by atoms with Gasteiger partial charge in [0.2, 0.25) is 0 Å². The Kier molecular flexibility index (Phi) is 6.04. The van der Waals surface area contributed by atoms with Crippen LogP contribution in [0.4, 0.5) is 0 Å². The molecule has 0 aliphatic heterocycles. The topological polar surface area (TPSA) is 43.3 Å². The van der Waals surface area contributed by atoms with Crippen LogP contribution < -0.4 is 5.73 Å². The number of aliphatic imine (C=N–C) groups is 1. The average molecular weight is 484 g/mol. The first-order valence-corrected chi connectivity index (χ1v) is 12.9. The molecular formula is C32H25N3S. The van der Waals surface area contributed by atoms with E-state index in [4.69, 9.17) is 5.73 Å². The number of allylic oxidation sites excluding steroid dienone is 1. The first-order chi connectivity index (χ1) is 17.8. The molecule has 0 aliphatic rings. The predicted octanol–water partition coefficient (Wildman–Crippen LogP) is 7.68.